The third-order valence-corrected chi connectivity index (χ3v) is 16.1. The molecule has 332 valence electrons. The van der Waals surface area contributed by atoms with Crippen LogP contribution in [0.5, 0.6) is 0 Å². The van der Waals surface area contributed by atoms with Gasteiger partial charge in [-0.3, -0.25) is 0 Å². The minimum absolute atomic E-state index is 0.0250. The molecule has 0 spiro atoms. The van der Waals surface area contributed by atoms with Gasteiger partial charge in [-0.25, -0.2) is 0 Å². The number of furan rings is 1. The summed E-state index contributed by atoms with van der Waals surface area (Å²) in [5.41, 5.74) is 20.2. The second kappa shape index (κ2) is 14.3. The molecule has 0 radical (unpaired) electrons. The van der Waals surface area contributed by atoms with Crippen molar-refractivity contribution in [1.29, 1.82) is 0 Å². The lowest BCUT2D eigenvalue weighted by Gasteiger charge is -2.42. The summed E-state index contributed by atoms with van der Waals surface area (Å²) < 4.78 is 12.0. The highest BCUT2D eigenvalue weighted by Gasteiger charge is 2.44. The molecule has 0 N–H and O–H groups in total. The van der Waals surface area contributed by atoms with E-state index in [1.165, 1.54) is 81.5 Å². The highest BCUT2D eigenvalue weighted by molar-refractivity contribution is 7.26. The summed E-state index contributed by atoms with van der Waals surface area (Å²) in [6, 6.07) is 62.0. The Labute approximate surface area is 403 Å². The summed E-state index contributed by atoms with van der Waals surface area (Å²) in [5, 5.41) is 4.87. The monoisotopic (exact) mass is 899 g/mol. The molecule has 13 rings (SSSR count). The number of hydrogen-bond donors (Lipinski definition) is 0. The summed E-state index contributed by atoms with van der Waals surface area (Å²) >= 11 is 1.90. The molecule has 0 unspecified atom stereocenters. The fourth-order valence-corrected chi connectivity index (χ4v) is 12.5. The first-order chi connectivity index (χ1) is 32.6. The van der Waals surface area contributed by atoms with Crippen LogP contribution >= 0.6 is 11.3 Å². The van der Waals surface area contributed by atoms with E-state index in [4.69, 9.17) is 4.42 Å². The van der Waals surface area contributed by atoms with Gasteiger partial charge in [-0.05, 0) is 128 Å². The van der Waals surface area contributed by atoms with E-state index in [1.54, 1.807) is 0 Å². The van der Waals surface area contributed by atoms with Crippen LogP contribution in [-0.4, -0.2) is 11.3 Å². The summed E-state index contributed by atoms with van der Waals surface area (Å²) in [6.45, 7) is 20.8. The van der Waals surface area contributed by atoms with Crippen molar-refractivity contribution in [3.05, 3.63) is 180 Å². The Morgan fingerprint density at radius 3 is 1.74 bits per heavy atom. The van der Waals surface area contributed by atoms with Gasteiger partial charge in [0, 0.05) is 60.4 Å². The zero-order valence-corrected chi connectivity index (χ0v) is 41.1. The number of nitrogens with zero attached hydrogens (tertiary/aromatic N) is 3. The van der Waals surface area contributed by atoms with E-state index in [0.717, 1.165) is 44.5 Å². The maximum atomic E-state index is 6.84. The normalized spacial score (nSPS) is 13.6. The Balaban J connectivity index is 1.14. The van der Waals surface area contributed by atoms with Crippen molar-refractivity contribution < 1.29 is 4.42 Å². The number of hydrogen-bond acceptors (Lipinski definition) is 4. The van der Waals surface area contributed by atoms with Gasteiger partial charge in [0.2, 0.25) is 0 Å². The zero-order valence-electron chi connectivity index (χ0n) is 40.3. The Morgan fingerprint density at radius 1 is 0.456 bits per heavy atom. The molecule has 0 fully saturated rings. The fraction of sp³-hybridized carbons (Fsp3) is 0.194. The van der Waals surface area contributed by atoms with Crippen molar-refractivity contribution in [3.8, 4) is 5.69 Å². The summed E-state index contributed by atoms with van der Waals surface area (Å²) in [7, 11) is 0. The Hall–Kier alpha value is -7.02. The van der Waals surface area contributed by atoms with E-state index < -0.39 is 0 Å². The molecule has 0 saturated carbocycles. The molecule has 3 aromatic heterocycles. The molecule has 2 aliphatic heterocycles. The van der Waals surface area contributed by atoms with Crippen molar-refractivity contribution >= 4 is 122 Å². The van der Waals surface area contributed by atoms with E-state index in [2.05, 4.69) is 240 Å². The third-order valence-electron chi connectivity index (χ3n) is 14.8. The Kier molecular flexibility index (Phi) is 8.64. The first-order valence-corrected chi connectivity index (χ1v) is 24.9. The number of benzene rings is 8. The first-order valence-electron chi connectivity index (χ1n) is 24.1. The second-order valence-corrected chi connectivity index (χ2v) is 23.3. The summed E-state index contributed by atoms with van der Waals surface area (Å²) in [6.07, 6.45) is 0. The number of fused-ring (bicyclic) bond motifs is 12. The molecule has 0 bridgehead atoms. The smallest absolute Gasteiger partial charge is 0.252 e. The van der Waals surface area contributed by atoms with E-state index in [9.17, 15) is 0 Å². The molecule has 0 saturated heterocycles. The molecule has 11 aromatic rings. The molecule has 6 heteroatoms. The van der Waals surface area contributed by atoms with Gasteiger partial charge in [0.15, 0.2) is 5.58 Å². The van der Waals surface area contributed by atoms with Crippen LogP contribution in [0.3, 0.4) is 0 Å². The van der Waals surface area contributed by atoms with Gasteiger partial charge in [-0.2, -0.15) is 0 Å². The average molecular weight is 900 g/mol. The van der Waals surface area contributed by atoms with E-state index >= 15 is 0 Å². The van der Waals surface area contributed by atoms with Gasteiger partial charge in [0.05, 0.1) is 15.9 Å². The summed E-state index contributed by atoms with van der Waals surface area (Å²) in [4.78, 5) is 5.08. The van der Waals surface area contributed by atoms with Crippen molar-refractivity contribution in [2.24, 2.45) is 0 Å². The maximum Gasteiger partial charge on any atom is 0.252 e. The zero-order chi connectivity index (χ0) is 46.6. The predicted molar refractivity (Wildman–Crippen MR) is 294 cm³/mol. The van der Waals surface area contributed by atoms with Gasteiger partial charge in [-0.1, -0.05) is 147 Å². The number of aromatic nitrogens is 1. The summed E-state index contributed by atoms with van der Waals surface area (Å²) in [5.74, 6) is 0. The van der Waals surface area contributed by atoms with Crippen LogP contribution < -0.4 is 26.2 Å². The third kappa shape index (κ3) is 5.99. The topological polar surface area (TPSA) is 24.6 Å². The highest BCUT2D eigenvalue weighted by Crippen LogP contribution is 2.50. The number of para-hydroxylation sites is 2. The minimum atomic E-state index is -0.144. The Morgan fingerprint density at radius 2 is 1.04 bits per heavy atom. The lowest BCUT2D eigenvalue weighted by molar-refractivity contribution is 0.590. The van der Waals surface area contributed by atoms with Crippen molar-refractivity contribution in [3.63, 3.8) is 0 Å². The lowest BCUT2D eigenvalue weighted by Crippen LogP contribution is -2.60. The van der Waals surface area contributed by atoms with Gasteiger partial charge in [-0.15, -0.1) is 11.3 Å². The van der Waals surface area contributed by atoms with Gasteiger partial charge >= 0.3 is 0 Å². The average Bonchev–Trinajstić information content (AvgIpc) is 4.00. The number of thiophene rings is 1. The fourth-order valence-electron chi connectivity index (χ4n) is 11.3. The lowest BCUT2D eigenvalue weighted by atomic mass is 9.33. The largest absolute Gasteiger partial charge is 0.454 e. The van der Waals surface area contributed by atoms with E-state index in [1.807, 2.05) is 11.3 Å². The highest BCUT2D eigenvalue weighted by atomic mass is 32.1. The standard InChI is InChI=1S/C62H54BN3OS/c1-60(2,3)37-24-28-40(29-25-37)64(41-30-26-38(27-31-41)61(4,5)6)42-32-33-47-50(36-42)65(49-21-15-18-44-43-16-11-13-23-54(43)68-59(44)49)51-34-39(62(7,8)9)35-52-55(51)63(47)48-20-14-19-46-56(48)66(52)57-45-17-10-12-22-53(45)67-58(46)57/h10-36H,1-9H3. The molecular weight excluding hydrogens is 846 g/mol. The van der Waals surface area contributed by atoms with Crippen LogP contribution in [0.4, 0.5) is 34.1 Å². The van der Waals surface area contributed by atoms with Crippen LogP contribution in [0.1, 0.15) is 79.0 Å². The first kappa shape index (κ1) is 41.2. The van der Waals surface area contributed by atoms with E-state index in [0.29, 0.717) is 0 Å². The number of anilines is 6. The van der Waals surface area contributed by atoms with Crippen LogP contribution in [0.15, 0.2) is 168 Å². The molecule has 0 aliphatic carbocycles. The molecule has 2 aliphatic rings. The molecule has 5 heterocycles. The van der Waals surface area contributed by atoms with Gasteiger partial charge in [0.1, 0.15) is 11.1 Å². The van der Waals surface area contributed by atoms with Crippen molar-refractivity contribution in [2.75, 3.05) is 9.80 Å². The molecule has 0 amide bonds. The van der Waals surface area contributed by atoms with Crippen LogP contribution in [0.2, 0.25) is 0 Å². The molecular formula is C62H54BN3OS. The maximum absolute atomic E-state index is 6.84. The quantitative estimate of drug-likeness (QED) is 0.165. The predicted octanol–water partition coefficient (Wildman–Crippen LogP) is 15.9. The number of rotatable bonds is 4. The van der Waals surface area contributed by atoms with Gasteiger partial charge < -0.3 is 18.8 Å². The van der Waals surface area contributed by atoms with Crippen molar-refractivity contribution in [1.82, 2.24) is 4.57 Å². The molecule has 4 nitrogen and oxygen atoms in total. The van der Waals surface area contributed by atoms with Crippen LogP contribution in [0, 0.1) is 0 Å². The van der Waals surface area contributed by atoms with Crippen LogP contribution in [0.25, 0.3) is 58.8 Å². The van der Waals surface area contributed by atoms with E-state index in [-0.39, 0.29) is 23.0 Å². The van der Waals surface area contributed by atoms with Gasteiger partial charge in [0.25, 0.3) is 6.71 Å². The molecule has 8 aromatic carbocycles. The SMILES string of the molecule is CC(C)(C)c1ccc(N(c2ccc(C(C)(C)C)cc2)c2ccc3c(c2)N(c2cccc4c2sc2ccccc24)c2cc(C(C)(C)C)cc4c2B3c2cccc3c5oc6ccccc6c5n-4c23)cc1. The van der Waals surface area contributed by atoms with Crippen molar-refractivity contribution in [2.45, 2.75) is 78.6 Å². The second-order valence-electron chi connectivity index (χ2n) is 22.2. The van der Waals surface area contributed by atoms with Crippen LogP contribution in [-0.2, 0) is 16.2 Å². The minimum Gasteiger partial charge on any atom is -0.454 e. The molecule has 68 heavy (non-hydrogen) atoms. The Bertz CT molecular complexity index is 3810. The molecule has 0 atom stereocenters.